The average molecular weight is 467 g/mol. The van der Waals surface area contributed by atoms with E-state index < -0.39 is 5.82 Å². The molecule has 1 fully saturated rings. The van der Waals surface area contributed by atoms with E-state index in [4.69, 9.17) is 9.97 Å². The van der Waals surface area contributed by atoms with Crippen LogP contribution in [-0.4, -0.2) is 47.0 Å². The third kappa shape index (κ3) is 4.47. The molecule has 5 nitrogen and oxygen atoms in total. The minimum Gasteiger partial charge on any atom is -0.352 e. The van der Waals surface area contributed by atoms with Crippen LogP contribution in [0.1, 0.15) is 59.7 Å². The van der Waals surface area contributed by atoms with Crippen molar-refractivity contribution in [2.75, 3.05) is 31.1 Å². The highest BCUT2D eigenvalue weighted by Crippen LogP contribution is 2.39. The number of halogens is 1. The van der Waals surface area contributed by atoms with Crippen LogP contribution in [0, 0.1) is 11.7 Å². The van der Waals surface area contributed by atoms with Gasteiger partial charge < -0.3 is 9.80 Å². The molecule has 3 aromatic rings. The Morgan fingerprint density at radius 1 is 1.06 bits per heavy atom. The molecule has 174 valence electrons. The predicted octanol–water partition coefficient (Wildman–Crippen LogP) is 5.26. The number of anilines is 1. The van der Waals surface area contributed by atoms with E-state index in [1.54, 1.807) is 23.1 Å². The Balaban J connectivity index is 1.45. The van der Waals surface area contributed by atoms with E-state index in [0.717, 1.165) is 35.7 Å². The molecule has 1 aliphatic heterocycles. The fourth-order valence-corrected chi connectivity index (χ4v) is 6.24. The van der Waals surface area contributed by atoms with Gasteiger partial charge in [0.1, 0.15) is 22.3 Å². The van der Waals surface area contributed by atoms with Gasteiger partial charge in [-0.15, -0.1) is 11.3 Å². The van der Waals surface area contributed by atoms with E-state index in [9.17, 15) is 9.18 Å². The summed E-state index contributed by atoms with van der Waals surface area (Å²) in [7, 11) is 0. The summed E-state index contributed by atoms with van der Waals surface area (Å²) < 4.78 is 14.1. The Labute approximate surface area is 198 Å². The summed E-state index contributed by atoms with van der Waals surface area (Å²) in [5.74, 6) is 1.75. The molecule has 3 heterocycles. The quantitative estimate of drug-likeness (QED) is 0.492. The molecule has 33 heavy (non-hydrogen) atoms. The van der Waals surface area contributed by atoms with Crippen LogP contribution in [0.2, 0.25) is 0 Å². The lowest BCUT2D eigenvalue weighted by molar-refractivity contribution is 0.0742. The number of carbonyl (C=O) groups is 1. The summed E-state index contributed by atoms with van der Waals surface area (Å²) in [5.41, 5.74) is 1.60. The first-order valence-corrected chi connectivity index (χ1v) is 12.9. The number of aryl methyl sites for hydroxylation is 2. The van der Waals surface area contributed by atoms with E-state index >= 15 is 0 Å². The zero-order valence-electron chi connectivity index (χ0n) is 19.4. The first-order valence-electron chi connectivity index (χ1n) is 12.1. The molecule has 0 atom stereocenters. The maximum atomic E-state index is 14.1. The van der Waals surface area contributed by atoms with Crippen molar-refractivity contribution in [1.29, 1.82) is 0 Å². The molecule has 1 aliphatic carbocycles. The van der Waals surface area contributed by atoms with Crippen molar-refractivity contribution in [3.05, 3.63) is 51.9 Å². The van der Waals surface area contributed by atoms with Gasteiger partial charge in [-0.25, -0.2) is 14.4 Å². The van der Waals surface area contributed by atoms with Gasteiger partial charge >= 0.3 is 0 Å². The topological polar surface area (TPSA) is 49.3 Å². The first-order chi connectivity index (χ1) is 16.0. The SMILES string of the molecule is CC(C)Cc1nc(N2CCN(C(=O)c3ccccc3F)CC2)c2c3c(sc2n1)CCCCC3. The molecule has 1 saturated heterocycles. The number of nitrogens with zero attached hydrogens (tertiary/aromatic N) is 4. The van der Waals surface area contributed by atoms with Crippen LogP contribution in [-0.2, 0) is 19.3 Å². The molecular formula is C26H31FN4OS. The third-order valence-corrected chi connectivity index (χ3v) is 7.84. The number of benzene rings is 1. The molecule has 2 aliphatic rings. The fourth-order valence-electron chi connectivity index (χ4n) is 4.97. The van der Waals surface area contributed by atoms with Crippen LogP contribution >= 0.6 is 11.3 Å². The predicted molar refractivity (Wildman–Crippen MR) is 132 cm³/mol. The Kier molecular flexibility index (Phi) is 6.32. The van der Waals surface area contributed by atoms with Crippen LogP contribution in [0.15, 0.2) is 24.3 Å². The smallest absolute Gasteiger partial charge is 0.256 e. The number of piperazine rings is 1. The number of fused-ring (bicyclic) bond motifs is 3. The van der Waals surface area contributed by atoms with E-state index in [1.165, 1.54) is 41.2 Å². The molecule has 1 amide bonds. The number of hydrogen-bond acceptors (Lipinski definition) is 5. The second-order valence-corrected chi connectivity index (χ2v) is 10.6. The molecule has 0 bridgehead atoms. The molecular weight excluding hydrogens is 435 g/mol. The van der Waals surface area contributed by atoms with Gasteiger partial charge in [0.05, 0.1) is 10.9 Å². The Morgan fingerprint density at radius 3 is 2.58 bits per heavy atom. The van der Waals surface area contributed by atoms with E-state index in [2.05, 4.69) is 18.7 Å². The van der Waals surface area contributed by atoms with E-state index in [0.29, 0.717) is 32.1 Å². The van der Waals surface area contributed by atoms with Crippen molar-refractivity contribution < 1.29 is 9.18 Å². The van der Waals surface area contributed by atoms with E-state index in [-0.39, 0.29) is 11.5 Å². The highest BCUT2D eigenvalue weighted by Gasteiger charge is 2.28. The number of thiophene rings is 1. The molecule has 0 saturated carbocycles. The summed E-state index contributed by atoms with van der Waals surface area (Å²) in [5, 5.41) is 1.23. The molecule has 0 unspecified atom stereocenters. The summed E-state index contributed by atoms with van der Waals surface area (Å²) in [6.45, 7) is 6.90. The standard InChI is InChI=1S/C26H31FN4OS/c1-17(2)16-22-28-24(23-19-9-4-3-5-11-21(19)33-25(23)29-22)30-12-14-31(15-13-30)26(32)18-8-6-7-10-20(18)27/h6-8,10,17H,3-5,9,11-16H2,1-2H3. The molecule has 7 heteroatoms. The lowest BCUT2D eigenvalue weighted by atomic mass is 10.1. The van der Waals surface area contributed by atoms with Gasteiger partial charge in [-0.1, -0.05) is 32.4 Å². The zero-order valence-corrected chi connectivity index (χ0v) is 20.3. The average Bonchev–Trinajstić information content (AvgIpc) is 2.99. The van der Waals surface area contributed by atoms with Gasteiger partial charge in [0.2, 0.25) is 0 Å². The van der Waals surface area contributed by atoms with Gasteiger partial charge in [0.15, 0.2) is 0 Å². The minimum atomic E-state index is -0.457. The summed E-state index contributed by atoms with van der Waals surface area (Å²) in [4.78, 5) is 29.6. The third-order valence-electron chi connectivity index (χ3n) is 6.65. The van der Waals surface area contributed by atoms with Crippen LogP contribution in [0.25, 0.3) is 10.2 Å². The number of amides is 1. The maximum Gasteiger partial charge on any atom is 0.256 e. The van der Waals surface area contributed by atoms with Crippen LogP contribution in [0.5, 0.6) is 0 Å². The van der Waals surface area contributed by atoms with Crippen LogP contribution in [0.3, 0.4) is 0 Å². The van der Waals surface area contributed by atoms with Crippen molar-refractivity contribution in [2.24, 2.45) is 5.92 Å². The van der Waals surface area contributed by atoms with Crippen molar-refractivity contribution >= 4 is 33.3 Å². The molecule has 0 radical (unpaired) electrons. The zero-order chi connectivity index (χ0) is 22.9. The second kappa shape index (κ2) is 9.37. The van der Waals surface area contributed by atoms with Crippen molar-refractivity contribution in [2.45, 2.75) is 52.4 Å². The van der Waals surface area contributed by atoms with E-state index in [1.807, 2.05) is 11.3 Å². The number of rotatable bonds is 4. The molecule has 1 aromatic carbocycles. The van der Waals surface area contributed by atoms with Crippen LogP contribution in [0.4, 0.5) is 10.2 Å². The van der Waals surface area contributed by atoms with Gasteiger partial charge in [0, 0.05) is 37.5 Å². The molecule has 0 N–H and O–H groups in total. The summed E-state index contributed by atoms with van der Waals surface area (Å²) >= 11 is 1.85. The Hall–Kier alpha value is -2.54. The lowest BCUT2D eigenvalue weighted by Gasteiger charge is -2.36. The monoisotopic (exact) mass is 466 g/mol. The summed E-state index contributed by atoms with van der Waals surface area (Å²) in [6, 6.07) is 6.24. The lowest BCUT2D eigenvalue weighted by Crippen LogP contribution is -2.49. The minimum absolute atomic E-state index is 0.151. The molecule has 5 rings (SSSR count). The molecule has 0 spiro atoms. The van der Waals surface area contributed by atoms with Crippen molar-refractivity contribution in [3.63, 3.8) is 0 Å². The van der Waals surface area contributed by atoms with Gasteiger partial charge in [-0.3, -0.25) is 4.79 Å². The summed E-state index contributed by atoms with van der Waals surface area (Å²) in [6.07, 6.45) is 6.84. The first kappa shape index (κ1) is 22.3. The molecule has 2 aromatic heterocycles. The highest BCUT2D eigenvalue weighted by molar-refractivity contribution is 7.19. The highest BCUT2D eigenvalue weighted by atomic mass is 32.1. The second-order valence-electron chi connectivity index (χ2n) is 9.57. The maximum absolute atomic E-state index is 14.1. The Bertz CT molecular complexity index is 1170. The largest absolute Gasteiger partial charge is 0.352 e. The van der Waals surface area contributed by atoms with Crippen LogP contribution < -0.4 is 4.90 Å². The normalized spacial score (nSPS) is 16.8. The number of carbonyl (C=O) groups excluding carboxylic acids is 1. The van der Waals surface area contributed by atoms with Crippen molar-refractivity contribution in [3.8, 4) is 0 Å². The van der Waals surface area contributed by atoms with Gasteiger partial charge in [-0.2, -0.15) is 0 Å². The number of aromatic nitrogens is 2. The van der Waals surface area contributed by atoms with Crippen molar-refractivity contribution in [1.82, 2.24) is 14.9 Å². The fraction of sp³-hybridized carbons (Fsp3) is 0.500. The number of hydrogen-bond donors (Lipinski definition) is 0. The van der Waals surface area contributed by atoms with Gasteiger partial charge in [-0.05, 0) is 49.3 Å². The Morgan fingerprint density at radius 2 is 1.82 bits per heavy atom. The van der Waals surface area contributed by atoms with Gasteiger partial charge in [0.25, 0.3) is 5.91 Å².